The van der Waals surface area contributed by atoms with Crippen LogP contribution in [0.3, 0.4) is 0 Å². The highest BCUT2D eigenvalue weighted by Gasteiger charge is 2.30. The molecule has 0 unspecified atom stereocenters. The Morgan fingerprint density at radius 2 is 0.714 bits per heavy atom. The molecule has 0 amide bonds. The van der Waals surface area contributed by atoms with E-state index < -0.39 is 0 Å². The van der Waals surface area contributed by atoms with Crippen LogP contribution in [0.5, 0.6) is 0 Å². The van der Waals surface area contributed by atoms with Gasteiger partial charge in [0.15, 0.2) is 51.7 Å². The Bertz CT molecular complexity index is 4550. The van der Waals surface area contributed by atoms with Gasteiger partial charge in [-0.3, -0.25) is 34.5 Å². The standard InChI is InChI=1S/C11H12N4S.C11H12N4.2C10H12N4.2C9H10N4.C9H11N3O/c1-16-11-14-13-10(15(11)9-2-3-9)8-4-6-12-7-5-8;1-8-13-14-11(15(8)10-2-3-10)9-4-6-12-7-5-9;2*1-3-14-8(2)12-13-10(14)9-4-6-11-7-5-9;1-7-11-12-9(13(7)2)8-3-5-10-6-4-8;1-2-13-7-11-12-9(13)8-3-5-10-6-4-8;1-3-12-7(2)10-11-9(12)8-5-4-6-13-8/h4-7,9H,2-3H2,1H3;4-7,10H,2-3H2,1H3;2*4-7H,3H2,1-2H3;3-6H,1-2H3;3-7H,2H2,1H3;4-6H,3H2,1-2H3. The zero-order valence-electron chi connectivity index (χ0n) is 56.9. The second-order valence-corrected chi connectivity index (χ2v) is 23.0. The highest BCUT2D eigenvalue weighted by atomic mass is 32.2. The first kappa shape index (κ1) is 69.3. The largest absolute Gasteiger partial charge is 0.461 e. The molecule has 0 N–H and O–H groups in total. The van der Waals surface area contributed by atoms with Gasteiger partial charge < -0.3 is 31.8 Å². The zero-order chi connectivity index (χ0) is 68.8. The maximum atomic E-state index is 5.25. The molecule has 502 valence electrons. The van der Waals surface area contributed by atoms with Crippen LogP contribution in [0.1, 0.15) is 94.6 Å². The van der Waals surface area contributed by atoms with Crippen molar-refractivity contribution in [1.82, 2.24) is 133 Å². The molecule has 98 heavy (non-hydrogen) atoms. The molecule has 14 aromatic rings. The Balaban J connectivity index is 0.000000124. The fourth-order valence-electron chi connectivity index (χ4n) is 10.3. The van der Waals surface area contributed by atoms with E-state index >= 15 is 0 Å². The molecule has 29 heteroatoms. The van der Waals surface area contributed by atoms with Crippen LogP contribution in [-0.2, 0) is 33.2 Å². The van der Waals surface area contributed by atoms with Crippen LogP contribution in [0, 0.1) is 34.6 Å². The predicted octanol–water partition coefficient (Wildman–Crippen LogP) is 12.1. The Hall–Kier alpha value is -11.5. The van der Waals surface area contributed by atoms with Gasteiger partial charge in [-0.2, -0.15) is 0 Å². The van der Waals surface area contributed by atoms with Gasteiger partial charge in [-0.05, 0) is 179 Å². The average Bonchev–Trinajstić information content (AvgIpc) is 1.64. The molecule has 14 aromatic heterocycles. The minimum Gasteiger partial charge on any atom is -0.461 e. The van der Waals surface area contributed by atoms with E-state index in [-0.39, 0.29) is 0 Å². The molecule has 2 saturated carbocycles. The molecular formula is C69H79N27OS. The summed E-state index contributed by atoms with van der Waals surface area (Å²) >= 11 is 1.65. The summed E-state index contributed by atoms with van der Waals surface area (Å²) in [7, 11) is 1.95. The number of pyridine rings is 6. The van der Waals surface area contributed by atoms with E-state index in [2.05, 4.69) is 147 Å². The zero-order valence-corrected chi connectivity index (χ0v) is 57.7. The number of hydrogen-bond donors (Lipinski definition) is 0. The van der Waals surface area contributed by atoms with Crippen molar-refractivity contribution in [2.75, 3.05) is 6.26 Å². The van der Waals surface area contributed by atoms with Gasteiger partial charge in [-0.25, -0.2) is 0 Å². The van der Waals surface area contributed by atoms with Crippen molar-refractivity contribution in [3.05, 3.63) is 201 Å². The average molecular weight is 1330 g/mol. The number of thioether (sulfide) groups is 1. The monoisotopic (exact) mass is 1330 g/mol. The summed E-state index contributed by atoms with van der Waals surface area (Å²) in [5.41, 5.74) is 6.39. The molecule has 0 saturated heterocycles. The van der Waals surface area contributed by atoms with Crippen molar-refractivity contribution in [2.24, 2.45) is 7.05 Å². The highest BCUT2D eigenvalue weighted by Crippen LogP contribution is 2.41. The first-order valence-corrected chi connectivity index (χ1v) is 33.5. The normalized spacial score (nSPS) is 12.0. The lowest BCUT2D eigenvalue weighted by Gasteiger charge is -2.06. The Morgan fingerprint density at radius 3 is 1.10 bits per heavy atom. The molecule has 2 aliphatic carbocycles. The Morgan fingerprint density at radius 1 is 0.367 bits per heavy atom. The second-order valence-electron chi connectivity index (χ2n) is 22.2. The minimum atomic E-state index is 0.598. The molecule has 2 fully saturated rings. The third kappa shape index (κ3) is 17.5. The summed E-state index contributed by atoms with van der Waals surface area (Å²) in [5, 5.41) is 58.3. The van der Waals surface area contributed by atoms with Crippen LogP contribution in [0.15, 0.2) is 181 Å². The second kappa shape index (κ2) is 34.3. The SMILES string of the molecule is CCn1c(C)nnc1-c1ccco1.CCn1c(C)nnc1-c1ccncc1.CCn1c(C)nnc1-c1ccncc1.CCn1cnnc1-c1ccncc1.CSc1nnc(-c2ccncc2)n1C1CC1.Cc1nnc(-c2ccncc2)n1C.Cc1nnc(-c2ccncc2)n1C1CC1. The fourth-order valence-corrected chi connectivity index (χ4v) is 10.8. The van der Waals surface area contributed by atoms with E-state index in [4.69, 9.17) is 4.42 Å². The first-order valence-electron chi connectivity index (χ1n) is 32.2. The van der Waals surface area contributed by atoms with Crippen LogP contribution in [-0.4, -0.2) is 140 Å². The summed E-state index contributed by atoms with van der Waals surface area (Å²) in [5.74, 6) is 11.8. The van der Waals surface area contributed by atoms with Crippen LogP contribution >= 0.6 is 11.8 Å². The number of furan rings is 1. The molecule has 0 aliphatic heterocycles. The van der Waals surface area contributed by atoms with Gasteiger partial charge in [-0.1, -0.05) is 11.8 Å². The quantitative estimate of drug-likeness (QED) is 0.0913. The Labute approximate surface area is 572 Å². The van der Waals surface area contributed by atoms with Crippen LogP contribution in [0.4, 0.5) is 0 Å². The minimum absolute atomic E-state index is 0.598. The van der Waals surface area contributed by atoms with Gasteiger partial charge in [0, 0.05) is 153 Å². The molecule has 0 atom stereocenters. The molecular weight excluding hydrogens is 1260 g/mol. The van der Waals surface area contributed by atoms with E-state index in [9.17, 15) is 0 Å². The molecule has 14 heterocycles. The lowest BCUT2D eigenvalue weighted by molar-refractivity contribution is 0.569. The molecule has 16 rings (SSSR count). The number of aryl methyl sites for hydroxylation is 6. The van der Waals surface area contributed by atoms with Gasteiger partial charge in [0.05, 0.1) is 6.26 Å². The smallest absolute Gasteiger partial charge is 0.199 e. The van der Waals surface area contributed by atoms with Gasteiger partial charge in [0.2, 0.25) is 0 Å². The van der Waals surface area contributed by atoms with Crippen LogP contribution in [0.2, 0.25) is 0 Å². The summed E-state index contributed by atoms with van der Waals surface area (Å²) in [6.07, 6.45) is 31.6. The van der Waals surface area contributed by atoms with E-state index in [1.165, 1.54) is 25.7 Å². The van der Waals surface area contributed by atoms with Crippen LogP contribution < -0.4 is 0 Å². The topological polar surface area (TPSA) is 305 Å². The van der Waals surface area contributed by atoms with Gasteiger partial charge in [0.1, 0.15) is 35.4 Å². The maximum Gasteiger partial charge on any atom is 0.199 e. The van der Waals surface area contributed by atoms with Crippen molar-refractivity contribution >= 4 is 11.8 Å². The van der Waals surface area contributed by atoms with E-state index in [1.807, 2.05) is 147 Å². The van der Waals surface area contributed by atoms with Crippen LogP contribution in [0.25, 0.3) is 79.9 Å². The van der Waals surface area contributed by atoms with E-state index in [0.717, 1.165) is 140 Å². The summed E-state index contributed by atoms with van der Waals surface area (Å²) in [6, 6.07) is 28.3. The van der Waals surface area contributed by atoms with E-state index in [0.29, 0.717) is 12.1 Å². The molecule has 0 bridgehead atoms. The van der Waals surface area contributed by atoms with Crippen molar-refractivity contribution < 1.29 is 4.42 Å². The van der Waals surface area contributed by atoms with Crippen molar-refractivity contribution in [2.45, 2.75) is 131 Å². The summed E-state index contributed by atoms with van der Waals surface area (Å²) in [6.45, 7) is 21.6. The molecule has 0 aromatic carbocycles. The number of aromatic nitrogens is 27. The molecule has 0 radical (unpaired) electrons. The van der Waals surface area contributed by atoms with Crippen molar-refractivity contribution in [1.29, 1.82) is 0 Å². The van der Waals surface area contributed by atoms with Crippen molar-refractivity contribution in [3.8, 4) is 79.9 Å². The first-order chi connectivity index (χ1) is 47.9. The Kier molecular flexibility index (Phi) is 24.2. The highest BCUT2D eigenvalue weighted by molar-refractivity contribution is 7.98. The van der Waals surface area contributed by atoms with Gasteiger partial charge in [0.25, 0.3) is 0 Å². The van der Waals surface area contributed by atoms with Crippen molar-refractivity contribution in [3.63, 3.8) is 0 Å². The predicted molar refractivity (Wildman–Crippen MR) is 373 cm³/mol. The lowest BCUT2D eigenvalue weighted by atomic mass is 10.2. The summed E-state index contributed by atoms with van der Waals surface area (Å²) < 4.78 is 19.9. The molecule has 2 aliphatic rings. The van der Waals surface area contributed by atoms with Gasteiger partial charge in [-0.15, -0.1) is 71.4 Å². The summed E-state index contributed by atoms with van der Waals surface area (Å²) in [4.78, 5) is 23.9. The maximum absolute atomic E-state index is 5.25. The lowest BCUT2D eigenvalue weighted by Crippen LogP contribution is -1.99. The van der Waals surface area contributed by atoms with E-state index in [1.54, 1.807) is 98.7 Å². The van der Waals surface area contributed by atoms with Gasteiger partial charge >= 0.3 is 0 Å². The third-order valence-corrected chi connectivity index (χ3v) is 16.4. The fraction of sp³-hybridized carbons (Fsp3) is 0.304. The third-order valence-electron chi connectivity index (χ3n) is 15.7. The molecule has 28 nitrogen and oxygen atoms in total. The number of hydrogen-bond acceptors (Lipinski definition) is 22. The number of rotatable bonds is 14. The molecule has 0 spiro atoms. The number of nitrogens with zero attached hydrogens (tertiary/aromatic N) is 27.